The van der Waals surface area contributed by atoms with Gasteiger partial charge in [-0.2, -0.15) is 0 Å². The average Bonchev–Trinajstić information content (AvgIpc) is 2.92. The van der Waals surface area contributed by atoms with Crippen LogP contribution in [0.2, 0.25) is 5.02 Å². The number of nitrogens with one attached hydrogen (secondary N) is 1. The fraction of sp³-hybridized carbons (Fsp3) is 0.462. The molecule has 2 aliphatic heterocycles. The molecule has 5 heteroatoms. The Labute approximate surface area is 111 Å². The molecule has 18 heavy (non-hydrogen) atoms. The van der Waals surface area contributed by atoms with Crippen LogP contribution in [0.4, 0.5) is 0 Å². The highest BCUT2D eigenvalue weighted by molar-refractivity contribution is 6.32. The number of nitrogens with zero attached hydrogens (tertiary/aromatic N) is 1. The molecule has 2 saturated heterocycles. The summed E-state index contributed by atoms with van der Waals surface area (Å²) in [6.45, 7) is 3.64. The molecule has 1 aromatic rings. The van der Waals surface area contributed by atoms with E-state index < -0.39 is 0 Å². The van der Waals surface area contributed by atoms with Gasteiger partial charge in [0.05, 0.1) is 5.02 Å². The maximum absolute atomic E-state index is 12.3. The van der Waals surface area contributed by atoms with Gasteiger partial charge in [0.25, 0.3) is 5.91 Å². The van der Waals surface area contributed by atoms with Crippen LogP contribution in [0.25, 0.3) is 0 Å². The lowest BCUT2D eigenvalue weighted by molar-refractivity contribution is 0.0781. The number of likely N-dealkylation sites (tertiary alicyclic amines) is 1. The minimum absolute atomic E-state index is 0.00583. The number of rotatable bonds is 1. The molecule has 1 amide bonds. The van der Waals surface area contributed by atoms with Gasteiger partial charge in [0.1, 0.15) is 5.75 Å². The molecule has 0 radical (unpaired) electrons. The van der Waals surface area contributed by atoms with Crippen molar-refractivity contribution in [2.75, 3.05) is 26.2 Å². The molecule has 2 N–H and O–H groups in total. The molecule has 3 rings (SSSR count). The van der Waals surface area contributed by atoms with E-state index in [1.807, 2.05) is 4.90 Å². The van der Waals surface area contributed by atoms with Crippen LogP contribution in [0, 0.1) is 11.8 Å². The van der Waals surface area contributed by atoms with Crippen molar-refractivity contribution in [2.24, 2.45) is 11.8 Å². The van der Waals surface area contributed by atoms with Crippen LogP contribution in [0.5, 0.6) is 5.75 Å². The lowest BCUT2D eigenvalue weighted by atomic mass is 10.0. The highest BCUT2D eigenvalue weighted by atomic mass is 35.5. The van der Waals surface area contributed by atoms with E-state index in [9.17, 15) is 9.90 Å². The third-order valence-corrected chi connectivity index (χ3v) is 4.17. The Morgan fingerprint density at radius 1 is 1.33 bits per heavy atom. The van der Waals surface area contributed by atoms with E-state index >= 15 is 0 Å². The first kappa shape index (κ1) is 11.8. The molecule has 0 aromatic heterocycles. The molecule has 0 unspecified atom stereocenters. The Morgan fingerprint density at radius 2 is 2.00 bits per heavy atom. The first-order valence-electron chi connectivity index (χ1n) is 6.13. The van der Waals surface area contributed by atoms with E-state index in [1.165, 1.54) is 12.1 Å². The Morgan fingerprint density at radius 3 is 2.61 bits per heavy atom. The fourth-order valence-electron chi connectivity index (χ4n) is 2.84. The third-order valence-electron chi connectivity index (χ3n) is 3.87. The van der Waals surface area contributed by atoms with Crippen molar-refractivity contribution in [3.8, 4) is 5.75 Å². The first-order valence-corrected chi connectivity index (χ1v) is 6.51. The van der Waals surface area contributed by atoms with E-state index in [4.69, 9.17) is 11.6 Å². The van der Waals surface area contributed by atoms with Gasteiger partial charge in [0.15, 0.2) is 0 Å². The molecular formula is C13H15ClN2O2. The average molecular weight is 267 g/mol. The van der Waals surface area contributed by atoms with E-state index in [2.05, 4.69) is 5.32 Å². The predicted octanol–water partition coefficient (Wildman–Crippen LogP) is 1.34. The molecule has 1 aromatic carbocycles. The van der Waals surface area contributed by atoms with Gasteiger partial charge >= 0.3 is 0 Å². The molecule has 96 valence electrons. The van der Waals surface area contributed by atoms with Gasteiger partial charge in [-0.05, 0) is 30.0 Å². The first-order chi connectivity index (χ1) is 8.65. The van der Waals surface area contributed by atoms with Crippen LogP contribution in [-0.4, -0.2) is 42.1 Å². The number of amides is 1. The molecular weight excluding hydrogens is 252 g/mol. The van der Waals surface area contributed by atoms with E-state index in [0.29, 0.717) is 17.4 Å². The second kappa shape index (κ2) is 4.44. The number of benzene rings is 1. The zero-order chi connectivity index (χ0) is 12.7. The maximum Gasteiger partial charge on any atom is 0.253 e. The van der Waals surface area contributed by atoms with E-state index in [0.717, 1.165) is 26.2 Å². The van der Waals surface area contributed by atoms with Crippen LogP contribution < -0.4 is 5.32 Å². The zero-order valence-corrected chi connectivity index (χ0v) is 10.7. The van der Waals surface area contributed by atoms with Gasteiger partial charge in [-0.25, -0.2) is 0 Å². The van der Waals surface area contributed by atoms with Crippen molar-refractivity contribution >= 4 is 17.5 Å². The van der Waals surface area contributed by atoms with Crippen LogP contribution in [0.15, 0.2) is 18.2 Å². The lowest BCUT2D eigenvalue weighted by Crippen LogP contribution is -2.31. The summed E-state index contributed by atoms with van der Waals surface area (Å²) in [6, 6.07) is 4.62. The Bertz CT molecular complexity index is 480. The second-order valence-corrected chi connectivity index (χ2v) is 5.46. The number of fused-ring (bicyclic) bond motifs is 1. The summed E-state index contributed by atoms with van der Waals surface area (Å²) in [7, 11) is 0. The zero-order valence-electron chi connectivity index (χ0n) is 9.90. The number of phenolic OH excluding ortho intramolecular Hbond substituents is 1. The van der Waals surface area contributed by atoms with Crippen LogP contribution in [0.3, 0.4) is 0 Å². The fourth-order valence-corrected chi connectivity index (χ4v) is 3.02. The summed E-state index contributed by atoms with van der Waals surface area (Å²) in [5.41, 5.74) is 0.547. The monoisotopic (exact) mass is 266 g/mol. The number of carbonyl (C=O) groups is 1. The van der Waals surface area contributed by atoms with Crippen molar-refractivity contribution < 1.29 is 9.90 Å². The number of hydrogen-bond donors (Lipinski definition) is 2. The third kappa shape index (κ3) is 1.95. The van der Waals surface area contributed by atoms with Crippen molar-refractivity contribution in [3.05, 3.63) is 28.8 Å². The van der Waals surface area contributed by atoms with E-state index in [1.54, 1.807) is 6.07 Å². The molecule has 0 bridgehead atoms. The van der Waals surface area contributed by atoms with Crippen molar-refractivity contribution in [3.63, 3.8) is 0 Å². The van der Waals surface area contributed by atoms with Gasteiger partial charge in [0.2, 0.25) is 0 Å². The minimum Gasteiger partial charge on any atom is -0.506 e. The number of carbonyl (C=O) groups excluding carboxylic acids is 1. The largest absolute Gasteiger partial charge is 0.506 e. The van der Waals surface area contributed by atoms with Crippen LogP contribution in [0.1, 0.15) is 10.4 Å². The summed E-state index contributed by atoms with van der Waals surface area (Å²) in [5, 5.41) is 12.9. The summed E-state index contributed by atoms with van der Waals surface area (Å²) in [5.74, 6) is 1.19. The summed E-state index contributed by atoms with van der Waals surface area (Å²) in [6.07, 6.45) is 0. The highest BCUT2D eigenvalue weighted by Crippen LogP contribution is 2.29. The Hall–Kier alpha value is -1.26. The molecule has 2 aliphatic rings. The second-order valence-electron chi connectivity index (χ2n) is 5.05. The molecule has 4 nitrogen and oxygen atoms in total. The van der Waals surface area contributed by atoms with Gasteiger partial charge in [-0.15, -0.1) is 0 Å². The topological polar surface area (TPSA) is 52.6 Å². The smallest absolute Gasteiger partial charge is 0.253 e. The van der Waals surface area contributed by atoms with Crippen molar-refractivity contribution in [1.29, 1.82) is 0 Å². The molecule has 0 spiro atoms. The van der Waals surface area contributed by atoms with E-state index in [-0.39, 0.29) is 16.7 Å². The van der Waals surface area contributed by atoms with Gasteiger partial charge in [-0.3, -0.25) is 4.79 Å². The Balaban J connectivity index is 1.77. The number of phenols is 1. The summed E-state index contributed by atoms with van der Waals surface area (Å²) >= 11 is 5.83. The maximum atomic E-state index is 12.3. The van der Waals surface area contributed by atoms with Crippen LogP contribution in [-0.2, 0) is 0 Å². The Kier molecular flexibility index (Phi) is 2.92. The van der Waals surface area contributed by atoms with Crippen molar-refractivity contribution in [2.45, 2.75) is 0 Å². The van der Waals surface area contributed by atoms with Gasteiger partial charge < -0.3 is 15.3 Å². The highest BCUT2D eigenvalue weighted by Gasteiger charge is 2.38. The molecule has 0 aliphatic carbocycles. The van der Waals surface area contributed by atoms with Gasteiger partial charge in [-0.1, -0.05) is 11.6 Å². The molecule has 2 fully saturated rings. The standard InChI is InChI=1S/C13H15ClN2O2/c14-11-3-8(1-2-12(11)17)13(18)16-6-9-4-15-5-10(9)7-16/h1-3,9-10,15,17H,4-7H2/t9-,10+. The number of halogens is 1. The number of aromatic hydroxyl groups is 1. The molecule has 2 atom stereocenters. The predicted molar refractivity (Wildman–Crippen MR) is 68.9 cm³/mol. The number of hydrogen-bond acceptors (Lipinski definition) is 3. The summed E-state index contributed by atoms with van der Waals surface area (Å²) < 4.78 is 0. The van der Waals surface area contributed by atoms with Gasteiger partial charge in [0, 0.05) is 31.7 Å². The van der Waals surface area contributed by atoms with Crippen LogP contribution >= 0.6 is 11.6 Å². The SMILES string of the molecule is O=C(c1ccc(O)c(Cl)c1)N1C[C@H]2CNC[C@H]2C1. The quantitative estimate of drug-likeness (QED) is 0.807. The van der Waals surface area contributed by atoms with Crippen molar-refractivity contribution in [1.82, 2.24) is 10.2 Å². The lowest BCUT2D eigenvalue weighted by Gasteiger charge is -2.17. The minimum atomic E-state index is 0.00583. The molecule has 0 saturated carbocycles. The summed E-state index contributed by atoms with van der Waals surface area (Å²) in [4.78, 5) is 14.2. The normalized spacial score (nSPS) is 26.4. The molecule has 2 heterocycles.